The Hall–Kier alpha value is -2.00. The standard InChI is InChI=1S/C25H32O3/c1-4-6-7-18(5-2)28-22-15-25(3)21(12-13-23(25)27)20-10-8-16-14-17(26)9-11-19(16)24(20)22/h4-7,9,11,14,20-24,26-27H,1,8,10,12-13,15H2,2-3H3/b7-6-,18-5+/t20-,21-,22-,23-,24+,25-/m0/s1. The van der Waals surface area contributed by atoms with Crippen LogP contribution in [-0.4, -0.2) is 22.4 Å². The van der Waals surface area contributed by atoms with Crippen molar-refractivity contribution in [3.63, 3.8) is 0 Å². The summed E-state index contributed by atoms with van der Waals surface area (Å²) in [6, 6.07) is 5.83. The van der Waals surface area contributed by atoms with Gasteiger partial charge in [0.1, 0.15) is 17.6 Å². The predicted molar refractivity (Wildman–Crippen MR) is 112 cm³/mol. The molecule has 0 unspecified atom stereocenters. The van der Waals surface area contributed by atoms with Gasteiger partial charge in [0.2, 0.25) is 0 Å². The molecule has 1 aromatic carbocycles. The Labute approximate surface area is 168 Å². The highest BCUT2D eigenvalue weighted by molar-refractivity contribution is 5.41. The average Bonchev–Trinajstić information content (AvgIpc) is 2.98. The summed E-state index contributed by atoms with van der Waals surface area (Å²) in [5, 5.41) is 20.8. The maximum Gasteiger partial charge on any atom is 0.115 e. The molecule has 0 saturated heterocycles. The topological polar surface area (TPSA) is 49.7 Å². The van der Waals surface area contributed by atoms with Gasteiger partial charge >= 0.3 is 0 Å². The average molecular weight is 381 g/mol. The summed E-state index contributed by atoms with van der Waals surface area (Å²) in [6.45, 7) is 8.01. The molecule has 0 aliphatic heterocycles. The highest BCUT2D eigenvalue weighted by atomic mass is 16.5. The van der Waals surface area contributed by atoms with E-state index in [1.165, 1.54) is 11.1 Å². The fourth-order valence-corrected chi connectivity index (χ4v) is 6.24. The van der Waals surface area contributed by atoms with E-state index in [4.69, 9.17) is 4.74 Å². The zero-order valence-corrected chi connectivity index (χ0v) is 17.0. The van der Waals surface area contributed by atoms with E-state index in [1.54, 1.807) is 6.08 Å². The maximum atomic E-state index is 10.8. The lowest BCUT2D eigenvalue weighted by Crippen LogP contribution is -2.50. The quantitative estimate of drug-likeness (QED) is 0.554. The third-order valence-corrected chi connectivity index (χ3v) is 7.58. The molecule has 3 aliphatic rings. The van der Waals surface area contributed by atoms with Gasteiger partial charge < -0.3 is 14.9 Å². The number of phenolic OH excluding ortho intramolecular Hbond substituents is 1. The predicted octanol–water partition coefficient (Wildman–Crippen LogP) is 5.25. The Balaban J connectivity index is 1.74. The second-order valence-electron chi connectivity index (χ2n) is 8.96. The van der Waals surface area contributed by atoms with E-state index in [0.29, 0.717) is 23.5 Å². The summed E-state index contributed by atoms with van der Waals surface area (Å²) in [6.07, 6.45) is 12.3. The first-order valence-electron chi connectivity index (χ1n) is 10.6. The van der Waals surface area contributed by atoms with Crippen LogP contribution < -0.4 is 0 Å². The van der Waals surface area contributed by atoms with Crippen LogP contribution in [0.25, 0.3) is 0 Å². The van der Waals surface area contributed by atoms with E-state index < -0.39 is 0 Å². The first-order chi connectivity index (χ1) is 13.5. The molecule has 2 saturated carbocycles. The zero-order chi connectivity index (χ0) is 19.9. The number of aryl methyl sites for hydroxylation is 1. The molecule has 3 aliphatic carbocycles. The minimum absolute atomic E-state index is 0.0169. The second-order valence-corrected chi connectivity index (χ2v) is 8.96. The molecule has 6 atom stereocenters. The Morgan fingerprint density at radius 1 is 1.29 bits per heavy atom. The van der Waals surface area contributed by atoms with Crippen molar-refractivity contribution in [2.75, 3.05) is 0 Å². The molecular formula is C25H32O3. The highest BCUT2D eigenvalue weighted by Crippen LogP contribution is 2.61. The number of hydrogen-bond donors (Lipinski definition) is 2. The van der Waals surface area contributed by atoms with Gasteiger partial charge in [-0.15, -0.1) is 0 Å². The van der Waals surface area contributed by atoms with Crippen LogP contribution in [-0.2, 0) is 11.2 Å². The van der Waals surface area contributed by atoms with Gasteiger partial charge in [-0.05, 0) is 86.3 Å². The van der Waals surface area contributed by atoms with Crippen molar-refractivity contribution < 1.29 is 14.9 Å². The molecule has 150 valence electrons. The second kappa shape index (κ2) is 7.44. The number of aliphatic hydroxyl groups excluding tert-OH is 1. The van der Waals surface area contributed by atoms with Crippen LogP contribution in [0.5, 0.6) is 5.75 Å². The molecule has 1 aromatic rings. The first kappa shape index (κ1) is 19.3. The van der Waals surface area contributed by atoms with E-state index in [-0.39, 0.29) is 17.6 Å². The summed E-state index contributed by atoms with van der Waals surface area (Å²) in [5.74, 6) is 2.55. The zero-order valence-electron chi connectivity index (χ0n) is 17.0. The van der Waals surface area contributed by atoms with Gasteiger partial charge in [0, 0.05) is 11.3 Å². The third kappa shape index (κ3) is 3.10. The van der Waals surface area contributed by atoms with Gasteiger partial charge in [-0.3, -0.25) is 0 Å². The van der Waals surface area contributed by atoms with Gasteiger partial charge in [-0.2, -0.15) is 0 Å². The van der Waals surface area contributed by atoms with Crippen molar-refractivity contribution in [1.82, 2.24) is 0 Å². The van der Waals surface area contributed by atoms with Crippen molar-refractivity contribution >= 4 is 0 Å². The smallest absolute Gasteiger partial charge is 0.115 e. The van der Waals surface area contributed by atoms with E-state index in [9.17, 15) is 10.2 Å². The maximum absolute atomic E-state index is 10.8. The molecule has 0 amide bonds. The summed E-state index contributed by atoms with van der Waals surface area (Å²) in [7, 11) is 0. The van der Waals surface area contributed by atoms with E-state index in [2.05, 4.69) is 19.6 Å². The summed E-state index contributed by atoms with van der Waals surface area (Å²) >= 11 is 0. The Morgan fingerprint density at radius 3 is 2.86 bits per heavy atom. The number of aromatic hydroxyl groups is 1. The summed E-state index contributed by atoms with van der Waals surface area (Å²) < 4.78 is 6.57. The van der Waals surface area contributed by atoms with Gasteiger partial charge in [0.25, 0.3) is 0 Å². The van der Waals surface area contributed by atoms with Crippen LogP contribution in [0.15, 0.2) is 54.8 Å². The van der Waals surface area contributed by atoms with Crippen LogP contribution in [0.4, 0.5) is 0 Å². The lowest BCUT2D eigenvalue weighted by molar-refractivity contribution is -0.0874. The van der Waals surface area contributed by atoms with Gasteiger partial charge in [-0.25, -0.2) is 0 Å². The minimum Gasteiger partial charge on any atom is -0.508 e. The molecule has 28 heavy (non-hydrogen) atoms. The lowest BCUT2D eigenvalue weighted by atomic mass is 9.54. The first-order valence-corrected chi connectivity index (χ1v) is 10.6. The number of benzene rings is 1. The summed E-state index contributed by atoms with van der Waals surface area (Å²) in [4.78, 5) is 0. The molecule has 0 aromatic heterocycles. The van der Waals surface area contributed by atoms with E-state index in [1.807, 2.05) is 37.3 Å². The molecule has 3 nitrogen and oxygen atoms in total. The number of hydrogen-bond acceptors (Lipinski definition) is 3. The number of rotatable bonds is 4. The summed E-state index contributed by atoms with van der Waals surface area (Å²) in [5.41, 5.74) is 2.49. The Morgan fingerprint density at radius 2 is 2.11 bits per heavy atom. The fraction of sp³-hybridized carbons (Fsp3) is 0.520. The van der Waals surface area contributed by atoms with Crippen molar-refractivity contribution in [2.45, 2.75) is 64.1 Å². The van der Waals surface area contributed by atoms with E-state index >= 15 is 0 Å². The van der Waals surface area contributed by atoms with Gasteiger partial charge in [0.05, 0.1) is 6.10 Å². The normalized spacial score (nSPS) is 37.2. The van der Waals surface area contributed by atoms with Crippen LogP contribution in [0.1, 0.15) is 56.6 Å². The van der Waals surface area contributed by atoms with Crippen molar-refractivity contribution in [3.05, 3.63) is 66.0 Å². The number of fused-ring (bicyclic) bond motifs is 5. The molecule has 0 spiro atoms. The molecule has 2 N–H and O–H groups in total. The molecule has 0 heterocycles. The van der Waals surface area contributed by atoms with E-state index in [0.717, 1.165) is 37.9 Å². The van der Waals surface area contributed by atoms with Crippen LogP contribution in [0.3, 0.4) is 0 Å². The number of aliphatic hydroxyl groups is 1. The molecule has 2 fully saturated rings. The number of phenols is 1. The van der Waals surface area contributed by atoms with Gasteiger partial charge in [-0.1, -0.05) is 31.7 Å². The monoisotopic (exact) mass is 380 g/mol. The van der Waals surface area contributed by atoms with Crippen molar-refractivity contribution in [1.29, 1.82) is 0 Å². The van der Waals surface area contributed by atoms with Crippen molar-refractivity contribution in [3.8, 4) is 5.75 Å². The van der Waals surface area contributed by atoms with Crippen LogP contribution in [0, 0.1) is 17.3 Å². The molecule has 4 rings (SSSR count). The van der Waals surface area contributed by atoms with Gasteiger partial charge in [0.15, 0.2) is 0 Å². The number of allylic oxidation sites excluding steroid dienone is 4. The van der Waals surface area contributed by atoms with Crippen LogP contribution in [0.2, 0.25) is 0 Å². The molecule has 0 radical (unpaired) electrons. The van der Waals surface area contributed by atoms with Crippen molar-refractivity contribution in [2.24, 2.45) is 17.3 Å². The largest absolute Gasteiger partial charge is 0.508 e. The number of ether oxygens (including phenoxy) is 1. The third-order valence-electron chi connectivity index (χ3n) is 7.58. The Kier molecular flexibility index (Phi) is 5.13. The molecular weight excluding hydrogens is 348 g/mol. The lowest BCUT2D eigenvalue weighted by Gasteiger charge is -2.53. The molecule has 0 bridgehead atoms. The minimum atomic E-state index is -0.247. The highest BCUT2D eigenvalue weighted by Gasteiger charge is 2.58. The molecule has 3 heteroatoms. The van der Waals surface area contributed by atoms with Crippen LogP contribution >= 0.6 is 0 Å². The Bertz CT molecular complexity index is 808. The SMILES string of the molecule is C=C/C=C\C(=C/C)O[C@H]1C[C@]2(C)[C@@H](O)CC[C@H]2[C@@H]2CCc3cc(O)ccc3[C@H]21. The fourth-order valence-electron chi connectivity index (χ4n) is 6.24.